The van der Waals surface area contributed by atoms with Crippen molar-refractivity contribution in [3.05, 3.63) is 59.5 Å². The number of aliphatic carboxylic acids is 1. The lowest BCUT2D eigenvalue weighted by Gasteiger charge is -2.35. The lowest BCUT2D eigenvalue weighted by atomic mass is 10.0. The summed E-state index contributed by atoms with van der Waals surface area (Å²) in [7, 11) is -4.47. The van der Waals surface area contributed by atoms with Crippen molar-refractivity contribution in [1.82, 2.24) is 5.16 Å². The van der Waals surface area contributed by atoms with E-state index in [2.05, 4.69) is 5.16 Å². The first-order valence-corrected chi connectivity index (χ1v) is 12.0. The molecule has 2 heterocycles. The summed E-state index contributed by atoms with van der Waals surface area (Å²) >= 11 is 0. The van der Waals surface area contributed by atoms with E-state index in [-0.39, 0.29) is 30.8 Å². The van der Waals surface area contributed by atoms with Crippen LogP contribution in [0, 0.1) is 13.8 Å². The minimum absolute atomic E-state index is 0.00893. The number of sulfonamides is 1. The average molecular weight is 510 g/mol. The second kappa shape index (κ2) is 8.91. The van der Waals surface area contributed by atoms with Crippen molar-refractivity contribution in [1.29, 1.82) is 0 Å². The molecule has 35 heavy (non-hydrogen) atoms. The highest BCUT2D eigenvalue weighted by Gasteiger charge is 2.37. The van der Waals surface area contributed by atoms with Gasteiger partial charge in [0.2, 0.25) is 0 Å². The van der Waals surface area contributed by atoms with Crippen molar-refractivity contribution in [3.63, 3.8) is 0 Å². The highest BCUT2D eigenvalue weighted by Crippen LogP contribution is 2.42. The lowest BCUT2D eigenvalue weighted by molar-refractivity contribution is -0.138. The number of carbonyl (C=O) groups is 1. The Hall–Kier alpha value is -3.54. The van der Waals surface area contributed by atoms with Gasteiger partial charge in [-0.05, 0) is 56.2 Å². The molecule has 0 fully saturated rings. The van der Waals surface area contributed by atoms with E-state index in [1.165, 1.54) is 6.07 Å². The molecule has 186 valence electrons. The van der Waals surface area contributed by atoms with Gasteiger partial charge in [-0.2, -0.15) is 13.2 Å². The number of ether oxygens (including phenoxy) is 1. The van der Waals surface area contributed by atoms with Crippen molar-refractivity contribution < 1.29 is 40.8 Å². The Balaban J connectivity index is 1.83. The summed E-state index contributed by atoms with van der Waals surface area (Å²) in [4.78, 5) is 10.5. The van der Waals surface area contributed by atoms with Crippen LogP contribution in [0.2, 0.25) is 0 Å². The van der Waals surface area contributed by atoms with E-state index in [4.69, 9.17) is 14.4 Å². The predicted molar refractivity (Wildman–Crippen MR) is 119 cm³/mol. The zero-order chi connectivity index (χ0) is 25.5. The van der Waals surface area contributed by atoms with Gasteiger partial charge in [-0.3, -0.25) is 9.10 Å². The number of anilines is 1. The molecule has 0 amide bonds. The fraction of sp³-hybridized carbons (Fsp3) is 0.304. The van der Waals surface area contributed by atoms with Crippen LogP contribution in [0.15, 0.2) is 51.9 Å². The standard InChI is InChI=1S/C23H21F3N2O6S/c1-13-22(14(2)34-27-13)15-6-8-20-19(10-15)28(12-17(33-20)7-9-21(29)30)35(31,32)18-5-3-4-16(11-18)23(24,25)26/h3-6,8,10-11,17H,7,9,12H2,1-2H3,(H,29,30)/t17-/m0/s1. The average Bonchev–Trinajstić information content (AvgIpc) is 3.14. The molecule has 2 aromatic carbocycles. The van der Waals surface area contributed by atoms with Crippen molar-refractivity contribution in [3.8, 4) is 16.9 Å². The van der Waals surface area contributed by atoms with Crippen molar-refractivity contribution in [2.24, 2.45) is 0 Å². The molecule has 1 aliphatic rings. The number of hydrogen-bond donors (Lipinski definition) is 1. The smallest absolute Gasteiger partial charge is 0.416 e. The maximum atomic E-state index is 13.6. The molecule has 1 atom stereocenters. The number of carboxylic acid groups (broad SMARTS) is 1. The van der Waals surface area contributed by atoms with Crippen LogP contribution in [-0.2, 0) is 21.0 Å². The number of aromatic nitrogens is 1. The van der Waals surface area contributed by atoms with E-state index in [1.807, 2.05) is 0 Å². The molecule has 0 aliphatic carbocycles. The minimum atomic E-state index is -4.73. The zero-order valence-electron chi connectivity index (χ0n) is 18.7. The van der Waals surface area contributed by atoms with Crippen molar-refractivity contribution in [2.45, 2.75) is 43.9 Å². The molecule has 8 nitrogen and oxygen atoms in total. The Bertz CT molecular complexity index is 1360. The third kappa shape index (κ3) is 4.83. The normalized spacial score (nSPS) is 16.0. The van der Waals surface area contributed by atoms with Crippen LogP contribution in [0.1, 0.15) is 29.9 Å². The fourth-order valence-corrected chi connectivity index (χ4v) is 5.53. The number of halogens is 3. The second-order valence-corrected chi connectivity index (χ2v) is 9.98. The largest absolute Gasteiger partial charge is 0.486 e. The Morgan fingerprint density at radius 3 is 2.57 bits per heavy atom. The zero-order valence-corrected chi connectivity index (χ0v) is 19.5. The summed E-state index contributed by atoms with van der Waals surface area (Å²) in [6.45, 7) is 3.15. The van der Waals surface area contributed by atoms with Crippen LogP contribution in [0.5, 0.6) is 5.75 Å². The van der Waals surface area contributed by atoms with Gasteiger partial charge < -0.3 is 14.4 Å². The first-order valence-electron chi connectivity index (χ1n) is 10.5. The maximum Gasteiger partial charge on any atom is 0.416 e. The molecule has 4 rings (SSSR count). The minimum Gasteiger partial charge on any atom is -0.486 e. The van der Waals surface area contributed by atoms with Crippen LogP contribution in [-0.4, -0.2) is 37.3 Å². The number of rotatable bonds is 6. The summed E-state index contributed by atoms with van der Waals surface area (Å²) in [5.74, 6) is -0.413. The van der Waals surface area contributed by atoms with Crippen LogP contribution in [0.3, 0.4) is 0 Å². The second-order valence-electron chi connectivity index (χ2n) is 8.12. The van der Waals surface area contributed by atoms with Gasteiger partial charge in [0.1, 0.15) is 17.6 Å². The maximum absolute atomic E-state index is 13.6. The van der Waals surface area contributed by atoms with Gasteiger partial charge in [0.05, 0.1) is 28.4 Å². The van der Waals surface area contributed by atoms with E-state index in [9.17, 15) is 26.4 Å². The molecule has 1 N–H and O–H groups in total. The Morgan fingerprint density at radius 1 is 1.20 bits per heavy atom. The number of aryl methyl sites for hydroxylation is 2. The van der Waals surface area contributed by atoms with E-state index in [0.717, 1.165) is 22.5 Å². The monoisotopic (exact) mass is 510 g/mol. The quantitative estimate of drug-likeness (QED) is 0.507. The first-order chi connectivity index (χ1) is 16.4. The number of hydrogen-bond acceptors (Lipinski definition) is 6. The molecule has 0 saturated carbocycles. The van der Waals surface area contributed by atoms with Gasteiger partial charge in [0, 0.05) is 12.0 Å². The summed E-state index contributed by atoms with van der Waals surface area (Å²) in [6, 6.07) is 8.24. The topological polar surface area (TPSA) is 110 Å². The number of alkyl halides is 3. The van der Waals surface area contributed by atoms with Gasteiger partial charge in [0.15, 0.2) is 0 Å². The van der Waals surface area contributed by atoms with E-state index >= 15 is 0 Å². The Labute approximate surface area is 199 Å². The van der Waals surface area contributed by atoms with E-state index < -0.39 is 38.7 Å². The molecule has 1 aliphatic heterocycles. The summed E-state index contributed by atoms with van der Waals surface area (Å²) < 4.78 is 79.0. The molecule has 0 radical (unpaired) electrons. The molecule has 3 aromatic rings. The van der Waals surface area contributed by atoms with Gasteiger partial charge in [-0.15, -0.1) is 0 Å². The van der Waals surface area contributed by atoms with Crippen LogP contribution in [0.4, 0.5) is 18.9 Å². The SMILES string of the molecule is Cc1noc(C)c1-c1ccc2c(c1)N(S(=O)(=O)c1cccc(C(F)(F)F)c1)C[C@H](CCC(=O)O)O2. The molecule has 12 heteroatoms. The molecular weight excluding hydrogens is 489 g/mol. The third-order valence-electron chi connectivity index (χ3n) is 5.64. The van der Waals surface area contributed by atoms with Gasteiger partial charge in [-0.25, -0.2) is 8.42 Å². The molecule has 0 bridgehead atoms. The first kappa shape index (κ1) is 24.6. The lowest BCUT2D eigenvalue weighted by Crippen LogP contribution is -2.43. The van der Waals surface area contributed by atoms with Crippen LogP contribution in [0.25, 0.3) is 11.1 Å². The highest BCUT2D eigenvalue weighted by atomic mass is 32.2. The Kier molecular flexibility index (Phi) is 6.26. The van der Waals surface area contributed by atoms with Gasteiger partial charge >= 0.3 is 12.1 Å². The molecule has 0 spiro atoms. The predicted octanol–water partition coefficient (Wildman–Crippen LogP) is 4.80. The molecule has 1 aromatic heterocycles. The molecule has 0 unspecified atom stereocenters. The molecule has 0 saturated heterocycles. The molecular formula is C23H21F3N2O6S. The fourth-order valence-electron chi connectivity index (χ4n) is 3.99. The summed E-state index contributed by atoms with van der Waals surface area (Å²) in [5, 5.41) is 12.9. The van der Waals surface area contributed by atoms with Crippen LogP contribution < -0.4 is 9.04 Å². The van der Waals surface area contributed by atoms with Crippen LogP contribution >= 0.6 is 0 Å². The highest BCUT2D eigenvalue weighted by molar-refractivity contribution is 7.92. The number of fused-ring (bicyclic) bond motifs is 1. The number of benzene rings is 2. The van der Waals surface area contributed by atoms with E-state index in [0.29, 0.717) is 28.6 Å². The number of carboxylic acids is 1. The summed E-state index contributed by atoms with van der Waals surface area (Å²) in [5.41, 5.74) is 0.824. The summed E-state index contributed by atoms with van der Waals surface area (Å²) in [6.07, 6.45) is -5.80. The van der Waals surface area contributed by atoms with Crippen molar-refractivity contribution >= 4 is 21.7 Å². The van der Waals surface area contributed by atoms with E-state index in [1.54, 1.807) is 26.0 Å². The number of nitrogens with zero attached hydrogens (tertiary/aromatic N) is 2. The van der Waals surface area contributed by atoms with Gasteiger partial charge in [0.25, 0.3) is 10.0 Å². The third-order valence-corrected chi connectivity index (χ3v) is 7.42. The Morgan fingerprint density at radius 2 is 1.94 bits per heavy atom. The van der Waals surface area contributed by atoms with Crippen molar-refractivity contribution in [2.75, 3.05) is 10.8 Å². The van der Waals surface area contributed by atoms with Gasteiger partial charge in [-0.1, -0.05) is 17.3 Å².